The molecule has 0 unspecified atom stereocenters. The zero-order valence-electron chi connectivity index (χ0n) is 17.4. The van der Waals surface area contributed by atoms with Crippen molar-refractivity contribution in [3.63, 3.8) is 0 Å². The highest BCUT2D eigenvalue weighted by molar-refractivity contribution is 6.34. The van der Waals surface area contributed by atoms with E-state index in [9.17, 15) is 9.59 Å². The number of amides is 1. The van der Waals surface area contributed by atoms with Gasteiger partial charge in [0.25, 0.3) is 5.91 Å². The van der Waals surface area contributed by atoms with Crippen LogP contribution < -0.4 is 0 Å². The summed E-state index contributed by atoms with van der Waals surface area (Å²) in [5.41, 5.74) is 3.13. The van der Waals surface area contributed by atoms with Gasteiger partial charge in [-0.25, -0.2) is 4.98 Å². The predicted molar refractivity (Wildman–Crippen MR) is 118 cm³/mol. The zero-order valence-corrected chi connectivity index (χ0v) is 18.2. The number of imidazole rings is 1. The van der Waals surface area contributed by atoms with Crippen molar-refractivity contribution in [2.75, 3.05) is 6.54 Å². The Labute approximate surface area is 181 Å². The van der Waals surface area contributed by atoms with Crippen LogP contribution in [0.2, 0.25) is 5.02 Å². The molecule has 1 aliphatic rings. The Balaban J connectivity index is 1.61. The third kappa shape index (κ3) is 3.86. The topological polar surface area (TPSA) is 54.7 Å². The molecule has 1 saturated carbocycles. The smallest absolute Gasteiger partial charge is 0.255 e. The van der Waals surface area contributed by atoms with Gasteiger partial charge in [-0.1, -0.05) is 43.0 Å². The number of hydrogen-bond donors (Lipinski definition) is 0. The number of hydrogen-bond acceptors (Lipinski definition) is 3. The summed E-state index contributed by atoms with van der Waals surface area (Å²) in [4.78, 5) is 32.5. The molecule has 1 aromatic carbocycles. The number of aromatic nitrogens is 2. The first kappa shape index (κ1) is 20.6. The second-order valence-electron chi connectivity index (χ2n) is 7.98. The van der Waals surface area contributed by atoms with Gasteiger partial charge in [-0.2, -0.15) is 0 Å². The average Bonchev–Trinajstić information content (AvgIpc) is 3.17. The molecule has 0 atom stereocenters. The fourth-order valence-corrected chi connectivity index (χ4v) is 4.61. The number of carbonyl (C=O) groups excluding carboxylic acids is 2. The number of ketones is 1. The Kier molecular flexibility index (Phi) is 5.91. The van der Waals surface area contributed by atoms with E-state index >= 15 is 0 Å². The van der Waals surface area contributed by atoms with Crippen molar-refractivity contribution in [3.8, 4) is 0 Å². The highest BCUT2D eigenvalue weighted by Gasteiger charge is 2.27. The van der Waals surface area contributed by atoms with Gasteiger partial charge in [0, 0.05) is 24.3 Å². The molecule has 1 aliphatic carbocycles. The van der Waals surface area contributed by atoms with Gasteiger partial charge in [0.05, 0.1) is 16.8 Å². The molecule has 0 spiro atoms. The minimum atomic E-state index is -0.173. The lowest BCUT2D eigenvalue weighted by Crippen LogP contribution is -2.41. The number of carbonyl (C=O) groups is 2. The minimum Gasteiger partial charge on any atom is -0.336 e. The van der Waals surface area contributed by atoms with Crippen molar-refractivity contribution in [2.45, 2.75) is 52.0 Å². The summed E-state index contributed by atoms with van der Waals surface area (Å²) in [5, 5.41) is 0.310. The molecule has 156 valence electrons. The van der Waals surface area contributed by atoms with Gasteiger partial charge in [0.2, 0.25) is 5.78 Å². The van der Waals surface area contributed by atoms with E-state index in [-0.39, 0.29) is 17.7 Å². The SMILES string of the molecule is CCN(C(=O)c1ccc(C(=O)c2cnc3ccc(C)cn23)cc1Cl)C1CCCCC1. The summed E-state index contributed by atoms with van der Waals surface area (Å²) >= 11 is 6.49. The van der Waals surface area contributed by atoms with Crippen LogP contribution in [0.15, 0.2) is 42.7 Å². The van der Waals surface area contributed by atoms with Gasteiger partial charge in [0.15, 0.2) is 0 Å². The molecular formula is C24H26ClN3O2. The van der Waals surface area contributed by atoms with Crippen molar-refractivity contribution in [1.29, 1.82) is 0 Å². The Morgan fingerprint density at radius 2 is 1.93 bits per heavy atom. The van der Waals surface area contributed by atoms with Crippen molar-refractivity contribution in [1.82, 2.24) is 14.3 Å². The maximum absolute atomic E-state index is 13.2. The highest BCUT2D eigenvalue weighted by atomic mass is 35.5. The Morgan fingerprint density at radius 1 is 1.17 bits per heavy atom. The fraction of sp³-hybridized carbons (Fsp3) is 0.375. The molecule has 0 saturated heterocycles. The summed E-state index contributed by atoms with van der Waals surface area (Å²) in [7, 11) is 0. The van der Waals surface area contributed by atoms with E-state index in [1.54, 1.807) is 28.8 Å². The molecule has 0 radical (unpaired) electrons. The molecule has 1 fully saturated rings. The van der Waals surface area contributed by atoms with E-state index < -0.39 is 0 Å². The molecule has 1 amide bonds. The Hall–Kier alpha value is -2.66. The van der Waals surface area contributed by atoms with Crippen LogP contribution in [0.1, 0.15) is 71.0 Å². The summed E-state index contributed by atoms with van der Waals surface area (Å²) < 4.78 is 1.78. The number of benzene rings is 1. The number of fused-ring (bicyclic) bond motifs is 1. The number of aryl methyl sites for hydroxylation is 1. The molecular weight excluding hydrogens is 398 g/mol. The number of nitrogens with zero attached hydrogens (tertiary/aromatic N) is 3. The average molecular weight is 424 g/mol. The van der Waals surface area contributed by atoms with Gasteiger partial charge >= 0.3 is 0 Å². The molecule has 2 heterocycles. The van der Waals surface area contributed by atoms with E-state index in [0.717, 1.165) is 31.2 Å². The zero-order chi connectivity index (χ0) is 21.3. The second-order valence-corrected chi connectivity index (χ2v) is 8.39. The summed E-state index contributed by atoms with van der Waals surface area (Å²) in [6, 6.07) is 9.07. The first-order valence-corrected chi connectivity index (χ1v) is 11.0. The minimum absolute atomic E-state index is 0.0566. The van der Waals surface area contributed by atoms with E-state index in [0.29, 0.717) is 34.0 Å². The van der Waals surface area contributed by atoms with E-state index in [2.05, 4.69) is 4.98 Å². The molecule has 0 bridgehead atoms. The molecule has 30 heavy (non-hydrogen) atoms. The molecule has 0 aliphatic heterocycles. The van der Waals surface area contributed by atoms with Crippen LogP contribution in [0.25, 0.3) is 5.65 Å². The number of pyridine rings is 1. The largest absolute Gasteiger partial charge is 0.336 e. The first-order chi connectivity index (χ1) is 14.5. The van der Waals surface area contributed by atoms with Gasteiger partial charge in [0.1, 0.15) is 11.3 Å². The quantitative estimate of drug-likeness (QED) is 0.521. The van der Waals surface area contributed by atoms with Gasteiger partial charge < -0.3 is 4.90 Å². The van der Waals surface area contributed by atoms with Crippen molar-refractivity contribution < 1.29 is 9.59 Å². The molecule has 4 rings (SSSR count). The van der Waals surface area contributed by atoms with Crippen LogP contribution in [0.4, 0.5) is 0 Å². The fourth-order valence-electron chi connectivity index (χ4n) is 4.35. The van der Waals surface area contributed by atoms with Crippen molar-refractivity contribution >= 4 is 28.9 Å². The van der Waals surface area contributed by atoms with Crippen LogP contribution in [0.5, 0.6) is 0 Å². The maximum Gasteiger partial charge on any atom is 0.255 e. The molecule has 5 nitrogen and oxygen atoms in total. The van der Waals surface area contributed by atoms with E-state index in [1.165, 1.54) is 6.42 Å². The predicted octanol–water partition coefficient (Wildman–Crippen LogP) is 5.32. The van der Waals surface area contributed by atoms with Crippen LogP contribution in [0.3, 0.4) is 0 Å². The van der Waals surface area contributed by atoms with E-state index in [1.807, 2.05) is 37.1 Å². The molecule has 3 aromatic rings. The summed E-state index contributed by atoms with van der Waals surface area (Å²) in [5.74, 6) is -0.229. The standard InChI is InChI=1S/C24H26ClN3O2/c1-3-27(18-7-5-4-6-8-18)24(30)19-11-10-17(13-20(19)25)23(29)21-14-26-22-12-9-16(2)15-28(21)22/h9-15,18H,3-8H2,1-2H3. The number of rotatable bonds is 5. The van der Waals surface area contributed by atoms with Crippen molar-refractivity contribution in [3.05, 3.63) is 70.1 Å². The first-order valence-electron chi connectivity index (χ1n) is 10.6. The third-order valence-electron chi connectivity index (χ3n) is 5.96. The molecule has 0 N–H and O–H groups in total. The van der Waals surface area contributed by atoms with Crippen LogP contribution in [-0.4, -0.2) is 38.6 Å². The lowest BCUT2D eigenvalue weighted by molar-refractivity contribution is 0.0648. The van der Waals surface area contributed by atoms with E-state index in [4.69, 9.17) is 11.6 Å². The monoisotopic (exact) mass is 423 g/mol. The highest BCUT2D eigenvalue weighted by Crippen LogP contribution is 2.27. The van der Waals surface area contributed by atoms with Crippen LogP contribution in [0, 0.1) is 6.92 Å². The maximum atomic E-state index is 13.2. The second kappa shape index (κ2) is 8.60. The lowest BCUT2D eigenvalue weighted by atomic mass is 9.93. The number of halogens is 1. The summed E-state index contributed by atoms with van der Waals surface area (Å²) in [6.45, 7) is 4.63. The van der Waals surface area contributed by atoms with Gasteiger partial charge in [-0.3, -0.25) is 14.0 Å². The van der Waals surface area contributed by atoms with Crippen LogP contribution >= 0.6 is 11.6 Å². The molecule has 6 heteroatoms. The third-order valence-corrected chi connectivity index (χ3v) is 6.28. The molecule has 2 aromatic heterocycles. The van der Waals surface area contributed by atoms with Crippen molar-refractivity contribution in [2.24, 2.45) is 0 Å². The normalized spacial score (nSPS) is 14.8. The lowest BCUT2D eigenvalue weighted by Gasteiger charge is -2.33. The Bertz CT molecular complexity index is 1100. The summed E-state index contributed by atoms with van der Waals surface area (Å²) in [6.07, 6.45) is 9.11. The van der Waals surface area contributed by atoms with Crippen LogP contribution in [-0.2, 0) is 0 Å². The Morgan fingerprint density at radius 3 is 2.63 bits per heavy atom. The van der Waals surface area contributed by atoms with Gasteiger partial charge in [-0.05, 0) is 50.5 Å². The van der Waals surface area contributed by atoms with Gasteiger partial charge in [-0.15, -0.1) is 0 Å².